The van der Waals surface area contributed by atoms with Crippen molar-refractivity contribution in [2.45, 2.75) is 26.4 Å². The maximum Gasteiger partial charge on any atom is 0.120 e. The largest absolute Gasteiger partial charge is 0.491 e. The minimum Gasteiger partial charge on any atom is -0.491 e. The molecule has 0 saturated carbocycles. The molecule has 1 atom stereocenters. The van der Waals surface area contributed by atoms with E-state index in [0.29, 0.717) is 6.61 Å². The average Bonchev–Trinajstić information content (AvgIpc) is 2.61. The molecule has 3 nitrogen and oxygen atoms in total. The van der Waals surface area contributed by atoms with Crippen LogP contribution >= 0.6 is 27.7 Å². The lowest BCUT2D eigenvalue weighted by atomic mass is 10.1. The fourth-order valence-electron chi connectivity index (χ4n) is 1.84. The van der Waals surface area contributed by atoms with Gasteiger partial charge in [0.05, 0.1) is 5.88 Å². The van der Waals surface area contributed by atoms with Gasteiger partial charge in [0.25, 0.3) is 0 Å². The minimum atomic E-state index is 0.129. The van der Waals surface area contributed by atoms with Gasteiger partial charge in [0.1, 0.15) is 18.5 Å². The summed E-state index contributed by atoms with van der Waals surface area (Å²) in [6.45, 7) is 4.74. The summed E-state index contributed by atoms with van der Waals surface area (Å²) < 4.78 is 6.97. The maximum absolute atomic E-state index is 5.82. The third-order valence-corrected chi connectivity index (χ3v) is 4.94. The number of rotatable bonds is 3. The molecule has 0 amide bonds. The van der Waals surface area contributed by atoms with E-state index in [0.717, 1.165) is 28.3 Å². The Balaban J connectivity index is 1.93. The van der Waals surface area contributed by atoms with Gasteiger partial charge in [-0.25, -0.2) is 0 Å². The Bertz CT molecular complexity index is 383. The molecule has 1 aromatic carbocycles. The molecule has 0 aliphatic carbocycles. The lowest BCUT2D eigenvalue weighted by Crippen LogP contribution is -2.27. The molecule has 1 N–H and O–H groups in total. The molecule has 0 radical (unpaired) electrons. The summed E-state index contributed by atoms with van der Waals surface area (Å²) in [5.74, 6) is 2.88. The van der Waals surface area contributed by atoms with Crippen LogP contribution in [-0.4, -0.2) is 24.3 Å². The van der Waals surface area contributed by atoms with Gasteiger partial charge in [0.2, 0.25) is 0 Å². The number of hydrogen-bond acceptors (Lipinski definition) is 4. The van der Waals surface area contributed by atoms with Crippen molar-refractivity contribution in [2.24, 2.45) is 0 Å². The Morgan fingerprint density at radius 3 is 2.89 bits per heavy atom. The molecule has 5 heteroatoms. The maximum atomic E-state index is 5.82. The second-order valence-electron chi connectivity index (χ2n) is 4.41. The molecule has 1 saturated heterocycles. The van der Waals surface area contributed by atoms with E-state index >= 15 is 0 Å². The lowest BCUT2D eigenvalue weighted by molar-refractivity contribution is -0.0355. The molecule has 2 rings (SSSR count). The molecule has 0 aromatic heterocycles. The smallest absolute Gasteiger partial charge is 0.120 e. The standard InChI is InChI=1S/C13H18BrNO2S/c1-9-5-12(6-10(2)13(9)14)16-7-11-3-4-18-8-15-17-11/h5-6,11,15H,3-4,7-8H2,1-2H3. The highest BCUT2D eigenvalue weighted by molar-refractivity contribution is 9.10. The van der Waals surface area contributed by atoms with Crippen LogP contribution in [0, 0.1) is 13.8 Å². The molecule has 1 unspecified atom stereocenters. The first-order valence-corrected chi connectivity index (χ1v) is 7.97. The van der Waals surface area contributed by atoms with Crippen LogP contribution < -0.4 is 10.2 Å². The van der Waals surface area contributed by atoms with Crippen LogP contribution in [0.25, 0.3) is 0 Å². The zero-order valence-corrected chi connectivity index (χ0v) is 13.1. The van der Waals surface area contributed by atoms with Crippen molar-refractivity contribution in [1.82, 2.24) is 5.48 Å². The molecule has 1 aliphatic rings. The van der Waals surface area contributed by atoms with E-state index in [-0.39, 0.29) is 6.10 Å². The molecular weight excluding hydrogens is 314 g/mol. The Morgan fingerprint density at radius 1 is 1.44 bits per heavy atom. The van der Waals surface area contributed by atoms with Crippen molar-refractivity contribution in [3.8, 4) is 5.75 Å². The third-order valence-electron chi connectivity index (χ3n) is 2.84. The molecule has 100 valence electrons. The molecule has 0 bridgehead atoms. The SMILES string of the molecule is Cc1cc(OCC2CCSCNO2)cc(C)c1Br. The fourth-order valence-corrected chi connectivity index (χ4v) is 2.79. The predicted octanol–water partition coefficient (Wildman–Crippen LogP) is 3.43. The van der Waals surface area contributed by atoms with Gasteiger partial charge in [0.15, 0.2) is 0 Å². The summed E-state index contributed by atoms with van der Waals surface area (Å²) in [5.41, 5.74) is 5.33. The zero-order chi connectivity index (χ0) is 13.0. The average molecular weight is 332 g/mol. The van der Waals surface area contributed by atoms with Gasteiger partial charge >= 0.3 is 0 Å². The number of aryl methyl sites for hydroxylation is 2. The van der Waals surface area contributed by atoms with Crippen LogP contribution in [0.2, 0.25) is 0 Å². The van der Waals surface area contributed by atoms with Gasteiger partial charge in [-0.3, -0.25) is 4.84 Å². The molecule has 18 heavy (non-hydrogen) atoms. The number of halogens is 1. The summed E-state index contributed by atoms with van der Waals surface area (Å²) in [6, 6.07) is 4.10. The highest BCUT2D eigenvalue weighted by Gasteiger charge is 2.14. The fraction of sp³-hybridized carbons (Fsp3) is 0.538. The van der Waals surface area contributed by atoms with E-state index in [2.05, 4.69) is 47.4 Å². The molecule has 1 aliphatic heterocycles. The molecular formula is C13H18BrNO2S. The van der Waals surface area contributed by atoms with Gasteiger partial charge in [0, 0.05) is 4.47 Å². The second-order valence-corrected chi connectivity index (χ2v) is 6.31. The first-order valence-electron chi connectivity index (χ1n) is 6.02. The predicted molar refractivity (Wildman–Crippen MR) is 79.1 cm³/mol. The summed E-state index contributed by atoms with van der Waals surface area (Å²) in [4.78, 5) is 5.50. The Hall–Kier alpha value is -0.230. The van der Waals surface area contributed by atoms with Crippen molar-refractivity contribution in [3.05, 3.63) is 27.7 Å². The van der Waals surface area contributed by atoms with Crippen LogP contribution in [-0.2, 0) is 4.84 Å². The van der Waals surface area contributed by atoms with Gasteiger partial charge < -0.3 is 4.74 Å². The normalized spacial score (nSPS) is 20.5. The lowest BCUT2D eigenvalue weighted by Gasteiger charge is -2.16. The minimum absolute atomic E-state index is 0.129. The van der Waals surface area contributed by atoms with Crippen molar-refractivity contribution in [2.75, 3.05) is 18.2 Å². The number of nitrogens with one attached hydrogen (secondary N) is 1. The Kier molecular flexibility index (Phi) is 5.36. The van der Waals surface area contributed by atoms with Crippen molar-refractivity contribution >= 4 is 27.7 Å². The molecule has 0 spiro atoms. The summed E-state index contributed by atoms with van der Waals surface area (Å²) in [5, 5.41) is 0. The highest BCUT2D eigenvalue weighted by atomic mass is 79.9. The second kappa shape index (κ2) is 6.80. The highest BCUT2D eigenvalue weighted by Crippen LogP contribution is 2.26. The zero-order valence-electron chi connectivity index (χ0n) is 10.7. The van der Waals surface area contributed by atoms with Crippen LogP contribution in [0.4, 0.5) is 0 Å². The summed E-state index contributed by atoms with van der Waals surface area (Å²) in [7, 11) is 0. The van der Waals surface area contributed by atoms with Crippen molar-refractivity contribution in [1.29, 1.82) is 0 Å². The topological polar surface area (TPSA) is 30.5 Å². The van der Waals surface area contributed by atoms with Crippen LogP contribution in [0.1, 0.15) is 17.5 Å². The van der Waals surface area contributed by atoms with Gasteiger partial charge in [-0.1, -0.05) is 15.9 Å². The monoisotopic (exact) mass is 331 g/mol. The Labute approximate surface area is 121 Å². The van der Waals surface area contributed by atoms with E-state index in [1.165, 1.54) is 11.1 Å². The third kappa shape index (κ3) is 3.88. The van der Waals surface area contributed by atoms with E-state index in [9.17, 15) is 0 Å². The first-order chi connectivity index (χ1) is 8.66. The van der Waals surface area contributed by atoms with Crippen molar-refractivity contribution < 1.29 is 9.57 Å². The summed E-state index contributed by atoms with van der Waals surface area (Å²) >= 11 is 5.41. The van der Waals surface area contributed by atoms with Gasteiger partial charge in [-0.15, -0.1) is 11.8 Å². The molecule has 1 fully saturated rings. The van der Waals surface area contributed by atoms with Crippen LogP contribution in [0.5, 0.6) is 5.75 Å². The number of ether oxygens (including phenoxy) is 1. The number of hydrogen-bond donors (Lipinski definition) is 1. The molecule has 1 heterocycles. The summed E-state index contributed by atoms with van der Waals surface area (Å²) in [6.07, 6.45) is 1.15. The van der Waals surface area contributed by atoms with Gasteiger partial charge in [-0.05, 0) is 49.3 Å². The van der Waals surface area contributed by atoms with Gasteiger partial charge in [-0.2, -0.15) is 5.48 Å². The number of thioether (sulfide) groups is 1. The molecule has 1 aromatic rings. The van der Waals surface area contributed by atoms with E-state index in [4.69, 9.17) is 9.57 Å². The first kappa shape index (κ1) is 14.2. The van der Waals surface area contributed by atoms with E-state index < -0.39 is 0 Å². The van der Waals surface area contributed by atoms with Crippen LogP contribution in [0.15, 0.2) is 16.6 Å². The van der Waals surface area contributed by atoms with E-state index in [1.807, 2.05) is 11.8 Å². The number of hydroxylamine groups is 1. The van der Waals surface area contributed by atoms with Crippen LogP contribution in [0.3, 0.4) is 0 Å². The quantitative estimate of drug-likeness (QED) is 0.919. The Morgan fingerprint density at radius 2 is 2.17 bits per heavy atom. The van der Waals surface area contributed by atoms with E-state index in [1.54, 1.807) is 0 Å². The van der Waals surface area contributed by atoms with Crippen molar-refractivity contribution in [3.63, 3.8) is 0 Å². The number of benzene rings is 1.